The molecule has 0 aromatic carbocycles. The largest absolute Gasteiger partial charge is 0.312 e. The SMILES string of the molecule is CSC(C)CNC1CCN(C(C)C)C1. The van der Waals surface area contributed by atoms with E-state index in [0.717, 1.165) is 17.8 Å². The lowest BCUT2D eigenvalue weighted by atomic mass is 10.2. The van der Waals surface area contributed by atoms with Gasteiger partial charge in [-0.15, -0.1) is 0 Å². The molecule has 2 nitrogen and oxygen atoms in total. The van der Waals surface area contributed by atoms with Gasteiger partial charge in [-0.05, 0) is 33.1 Å². The molecule has 3 heteroatoms. The van der Waals surface area contributed by atoms with E-state index in [1.165, 1.54) is 19.5 Å². The van der Waals surface area contributed by atoms with Crippen LogP contribution in [0.5, 0.6) is 0 Å². The number of nitrogens with one attached hydrogen (secondary N) is 1. The summed E-state index contributed by atoms with van der Waals surface area (Å²) in [6.07, 6.45) is 3.50. The van der Waals surface area contributed by atoms with Crippen LogP contribution < -0.4 is 5.32 Å². The normalized spacial score (nSPS) is 25.9. The quantitative estimate of drug-likeness (QED) is 0.754. The third-order valence-electron chi connectivity index (χ3n) is 3.05. The van der Waals surface area contributed by atoms with Crippen molar-refractivity contribution >= 4 is 11.8 Å². The van der Waals surface area contributed by atoms with Crippen LogP contribution in [-0.4, -0.2) is 48.1 Å². The number of hydrogen-bond acceptors (Lipinski definition) is 3. The molecule has 0 saturated carbocycles. The Labute approximate surface area is 92.8 Å². The third kappa shape index (κ3) is 3.79. The average molecular weight is 216 g/mol. The van der Waals surface area contributed by atoms with Gasteiger partial charge in [-0.3, -0.25) is 4.90 Å². The Kier molecular flexibility index (Phi) is 5.28. The maximum Gasteiger partial charge on any atom is 0.0207 e. The van der Waals surface area contributed by atoms with Gasteiger partial charge in [0.25, 0.3) is 0 Å². The summed E-state index contributed by atoms with van der Waals surface area (Å²) in [7, 11) is 0. The second kappa shape index (κ2) is 5.99. The molecule has 0 spiro atoms. The standard InChI is InChI=1S/C11H24N2S/c1-9(2)13-6-5-11(8-13)12-7-10(3)14-4/h9-12H,5-8H2,1-4H3. The fourth-order valence-corrected chi connectivity index (χ4v) is 2.10. The Morgan fingerprint density at radius 1 is 1.43 bits per heavy atom. The van der Waals surface area contributed by atoms with Gasteiger partial charge in [0.1, 0.15) is 0 Å². The van der Waals surface area contributed by atoms with Crippen molar-refractivity contribution in [3.63, 3.8) is 0 Å². The predicted molar refractivity (Wildman–Crippen MR) is 66.1 cm³/mol. The Balaban J connectivity index is 2.16. The lowest BCUT2D eigenvalue weighted by molar-refractivity contribution is 0.268. The summed E-state index contributed by atoms with van der Waals surface area (Å²) in [6, 6.07) is 1.44. The predicted octanol–water partition coefficient (Wildman–Crippen LogP) is 1.81. The van der Waals surface area contributed by atoms with Crippen molar-refractivity contribution < 1.29 is 0 Å². The van der Waals surface area contributed by atoms with Crippen LogP contribution in [0.25, 0.3) is 0 Å². The summed E-state index contributed by atoms with van der Waals surface area (Å²) < 4.78 is 0. The first-order chi connectivity index (χ1) is 6.63. The molecule has 2 atom stereocenters. The highest BCUT2D eigenvalue weighted by Gasteiger charge is 2.23. The van der Waals surface area contributed by atoms with Crippen LogP contribution >= 0.6 is 11.8 Å². The van der Waals surface area contributed by atoms with Crippen molar-refractivity contribution in [3.8, 4) is 0 Å². The zero-order chi connectivity index (χ0) is 10.6. The molecule has 0 aromatic heterocycles. The maximum absolute atomic E-state index is 3.65. The van der Waals surface area contributed by atoms with Crippen LogP contribution in [-0.2, 0) is 0 Å². The van der Waals surface area contributed by atoms with Crippen LogP contribution in [0.4, 0.5) is 0 Å². The van der Waals surface area contributed by atoms with Gasteiger partial charge < -0.3 is 5.32 Å². The third-order valence-corrected chi connectivity index (χ3v) is 4.02. The number of rotatable bonds is 5. The van der Waals surface area contributed by atoms with Crippen molar-refractivity contribution in [2.75, 3.05) is 25.9 Å². The van der Waals surface area contributed by atoms with E-state index in [4.69, 9.17) is 0 Å². The molecular formula is C11H24N2S. The molecule has 0 amide bonds. The molecule has 14 heavy (non-hydrogen) atoms. The summed E-state index contributed by atoms with van der Waals surface area (Å²) >= 11 is 1.94. The summed E-state index contributed by atoms with van der Waals surface area (Å²) in [4.78, 5) is 2.56. The van der Waals surface area contributed by atoms with Gasteiger partial charge in [0, 0.05) is 30.4 Å². The van der Waals surface area contributed by atoms with Gasteiger partial charge in [0.05, 0.1) is 0 Å². The van der Waals surface area contributed by atoms with Crippen LogP contribution in [0.1, 0.15) is 27.2 Å². The molecule has 0 aromatic rings. The maximum atomic E-state index is 3.65. The van der Waals surface area contributed by atoms with Crippen LogP contribution in [0.15, 0.2) is 0 Å². The Morgan fingerprint density at radius 2 is 2.14 bits per heavy atom. The monoisotopic (exact) mass is 216 g/mol. The molecule has 84 valence electrons. The Hall–Kier alpha value is 0.270. The summed E-state index contributed by atoms with van der Waals surface area (Å²) in [5.74, 6) is 0. The van der Waals surface area contributed by atoms with Crippen LogP contribution in [0.2, 0.25) is 0 Å². The van der Waals surface area contributed by atoms with Crippen molar-refractivity contribution in [2.24, 2.45) is 0 Å². The van der Waals surface area contributed by atoms with E-state index < -0.39 is 0 Å². The van der Waals surface area contributed by atoms with Gasteiger partial charge in [0.15, 0.2) is 0 Å². The van der Waals surface area contributed by atoms with E-state index >= 15 is 0 Å². The number of likely N-dealkylation sites (tertiary alicyclic amines) is 1. The van der Waals surface area contributed by atoms with E-state index in [1.807, 2.05) is 11.8 Å². The van der Waals surface area contributed by atoms with E-state index in [-0.39, 0.29) is 0 Å². The van der Waals surface area contributed by atoms with Crippen molar-refractivity contribution in [3.05, 3.63) is 0 Å². The van der Waals surface area contributed by atoms with E-state index in [9.17, 15) is 0 Å². The first kappa shape index (κ1) is 12.3. The Bertz CT molecular complexity index is 161. The topological polar surface area (TPSA) is 15.3 Å². The highest BCUT2D eigenvalue weighted by atomic mass is 32.2. The zero-order valence-electron chi connectivity index (χ0n) is 9.92. The second-order valence-corrected chi connectivity index (χ2v) is 5.80. The van der Waals surface area contributed by atoms with Crippen molar-refractivity contribution in [1.29, 1.82) is 0 Å². The fraction of sp³-hybridized carbons (Fsp3) is 1.00. The molecule has 0 aliphatic carbocycles. The summed E-state index contributed by atoms with van der Waals surface area (Å²) in [5.41, 5.74) is 0. The lowest BCUT2D eigenvalue weighted by Crippen LogP contribution is -2.37. The molecule has 0 radical (unpaired) electrons. The lowest BCUT2D eigenvalue weighted by Gasteiger charge is -2.21. The first-order valence-corrected chi connectivity index (χ1v) is 6.92. The van der Waals surface area contributed by atoms with Crippen LogP contribution in [0, 0.1) is 0 Å². The molecule has 2 unspecified atom stereocenters. The molecule has 1 saturated heterocycles. The van der Waals surface area contributed by atoms with Crippen LogP contribution in [0.3, 0.4) is 0 Å². The first-order valence-electron chi connectivity index (χ1n) is 5.63. The molecule has 1 rings (SSSR count). The van der Waals surface area contributed by atoms with Gasteiger partial charge in [-0.2, -0.15) is 11.8 Å². The average Bonchev–Trinajstić information content (AvgIpc) is 2.62. The molecular weight excluding hydrogens is 192 g/mol. The van der Waals surface area contributed by atoms with Crippen molar-refractivity contribution in [1.82, 2.24) is 10.2 Å². The number of hydrogen-bond donors (Lipinski definition) is 1. The van der Waals surface area contributed by atoms with Gasteiger partial charge in [-0.25, -0.2) is 0 Å². The van der Waals surface area contributed by atoms with Gasteiger partial charge in [-0.1, -0.05) is 6.92 Å². The minimum absolute atomic E-state index is 0.708. The summed E-state index contributed by atoms with van der Waals surface area (Å²) in [5, 5.41) is 4.39. The van der Waals surface area contributed by atoms with Gasteiger partial charge >= 0.3 is 0 Å². The van der Waals surface area contributed by atoms with E-state index in [1.54, 1.807) is 0 Å². The summed E-state index contributed by atoms with van der Waals surface area (Å²) in [6.45, 7) is 10.5. The molecule has 1 fully saturated rings. The second-order valence-electron chi connectivity index (χ2n) is 4.53. The number of nitrogens with zero attached hydrogens (tertiary/aromatic N) is 1. The minimum atomic E-state index is 0.708. The van der Waals surface area contributed by atoms with E-state index in [2.05, 4.69) is 37.2 Å². The zero-order valence-corrected chi connectivity index (χ0v) is 10.7. The molecule has 0 bridgehead atoms. The Morgan fingerprint density at radius 3 is 2.64 bits per heavy atom. The molecule has 1 heterocycles. The fourth-order valence-electron chi connectivity index (χ4n) is 1.84. The smallest absolute Gasteiger partial charge is 0.0207 e. The highest BCUT2D eigenvalue weighted by Crippen LogP contribution is 2.13. The molecule has 1 N–H and O–H groups in total. The van der Waals surface area contributed by atoms with Crippen molar-refractivity contribution in [2.45, 2.75) is 44.5 Å². The number of thioether (sulfide) groups is 1. The highest BCUT2D eigenvalue weighted by molar-refractivity contribution is 7.99. The van der Waals surface area contributed by atoms with Gasteiger partial charge in [0.2, 0.25) is 0 Å². The molecule has 1 aliphatic heterocycles. The minimum Gasteiger partial charge on any atom is -0.312 e. The molecule has 1 aliphatic rings. The van der Waals surface area contributed by atoms with E-state index in [0.29, 0.717) is 6.04 Å².